The Labute approximate surface area is 160 Å². The Morgan fingerprint density at radius 1 is 1.36 bits per heavy atom. The van der Waals surface area contributed by atoms with Crippen molar-refractivity contribution in [2.75, 3.05) is 14.2 Å². The standard InChI is InChI=1S/C15H13N7O5S/c1-7-10-12-17-9(5-20-4-8(22(24)25)13(19-20)26-2)18-21(12)6-16-14(10)28-11(7)15(23)27-3/h4,6H,5H2,1-3H3. The van der Waals surface area contributed by atoms with Gasteiger partial charge in [0, 0.05) is 0 Å². The number of ether oxygens (including phenoxy) is 2. The molecule has 13 heteroatoms. The molecule has 0 atom stereocenters. The van der Waals surface area contributed by atoms with Gasteiger partial charge < -0.3 is 9.47 Å². The van der Waals surface area contributed by atoms with Gasteiger partial charge in [-0.1, -0.05) is 0 Å². The van der Waals surface area contributed by atoms with E-state index in [9.17, 15) is 14.9 Å². The van der Waals surface area contributed by atoms with Crippen LogP contribution >= 0.6 is 11.3 Å². The molecule has 0 aliphatic heterocycles. The second-order valence-corrected chi connectivity index (χ2v) is 6.75. The van der Waals surface area contributed by atoms with Crippen LogP contribution in [0.25, 0.3) is 15.9 Å². The maximum absolute atomic E-state index is 11.9. The highest BCUT2D eigenvalue weighted by atomic mass is 32.1. The number of hydrogen-bond acceptors (Lipinski definition) is 10. The third-order valence-electron chi connectivity index (χ3n) is 4.09. The molecule has 0 aromatic carbocycles. The van der Waals surface area contributed by atoms with E-state index in [1.165, 1.54) is 47.3 Å². The highest BCUT2D eigenvalue weighted by molar-refractivity contribution is 7.20. The lowest BCUT2D eigenvalue weighted by Crippen LogP contribution is -2.02. The van der Waals surface area contributed by atoms with Crippen LogP contribution in [0.3, 0.4) is 0 Å². The van der Waals surface area contributed by atoms with E-state index in [4.69, 9.17) is 9.47 Å². The number of thiophene rings is 1. The molecule has 4 rings (SSSR count). The van der Waals surface area contributed by atoms with Crippen molar-refractivity contribution in [2.45, 2.75) is 13.5 Å². The largest absolute Gasteiger partial charge is 0.475 e. The smallest absolute Gasteiger partial charge is 0.350 e. The van der Waals surface area contributed by atoms with Crippen molar-refractivity contribution in [3.05, 3.63) is 38.9 Å². The van der Waals surface area contributed by atoms with Crippen molar-refractivity contribution < 1.29 is 19.2 Å². The number of carbonyl (C=O) groups is 1. The van der Waals surface area contributed by atoms with Crippen LogP contribution in [0.4, 0.5) is 5.69 Å². The van der Waals surface area contributed by atoms with Crippen LogP contribution in [-0.4, -0.2) is 54.5 Å². The van der Waals surface area contributed by atoms with E-state index in [0.717, 1.165) is 0 Å². The molecule has 0 radical (unpaired) electrons. The van der Waals surface area contributed by atoms with Gasteiger partial charge in [0.2, 0.25) is 0 Å². The zero-order valence-corrected chi connectivity index (χ0v) is 15.8. The zero-order chi connectivity index (χ0) is 20.0. The Morgan fingerprint density at radius 3 is 2.79 bits per heavy atom. The van der Waals surface area contributed by atoms with Gasteiger partial charge in [-0.05, 0) is 12.5 Å². The normalized spacial score (nSPS) is 11.2. The van der Waals surface area contributed by atoms with Gasteiger partial charge in [0.1, 0.15) is 28.8 Å². The lowest BCUT2D eigenvalue weighted by atomic mass is 10.2. The van der Waals surface area contributed by atoms with E-state index in [1.807, 2.05) is 0 Å². The molecule has 4 aromatic rings. The van der Waals surface area contributed by atoms with E-state index >= 15 is 0 Å². The number of methoxy groups -OCH3 is 2. The van der Waals surface area contributed by atoms with Gasteiger partial charge in [-0.3, -0.25) is 14.8 Å². The van der Waals surface area contributed by atoms with Gasteiger partial charge in [-0.25, -0.2) is 19.3 Å². The van der Waals surface area contributed by atoms with Gasteiger partial charge in [-0.15, -0.1) is 21.5 Å². The van der Waals surface area contributed by atoms with E-state index in [1.54, 1.807) is 6.92 Å². The Balaban J connectivity index is 1.78. The molecule has 28 heavy (non-hydrogen) atoms. The first-order chi connectivity index (χ1) is 13.4. The second kappa shape index (κ2) is 6.53. The van der Waals surface area contributed by atoms with Crippen molar-refractivity contribution in [2.24, 2.45) is 0 Å². The molecule has 0 fully saturated rings. The van der Waals surface area contributed by atoms with Gasteiger partial charge in [0.15, 0.2) is 11.5 Å². The lowest BCUT2D eigenvalue weighted by molar-refractivity contribution is -0.385. The quantitative estimate of drug-likeness (QED) is 0.276. The minimum atomic E-state index is -0.573. The first kappa shape index (κ1) is 17.8. The topological polar surface area (TPSA) is 140 Å². The molecule has 0 unspecified atom stereocenters. The summed E-state index contributed by atoms with van der Waals surface area (Å²) in [6, 6.07) is 0. The second-order valence-electron chi connectivity index (χ2n) is 5.75. The van der Waals surface area contributed by atoms with Gasteiger partial charge in [0.05, 0.1) is 24.5 Å². The Kier molecular flexibility index (Phi) is 4.15. The Morgan fingerprint density at radius 2 is 2.14 bits per heavy atom. The van der Waals surface area contributed by atoms with Crippen molar-refractivity contribution in [1.29, 1.82) is 0 Å². The number of hydrogen-bond donors (Lipinski definition) is 0. The number of nitrogens with zero attached hydrogens (tertiary/aromatic N) is 7. The van der Waals surface area contributed by atoms with Crippen LogP contribution in [0.2, 0.25) is 0 Å². The van der Waals surface area contributed by atoms with Crippen molar-refractivity contribution in [3.8, 4) is 5.88 Å². The summed E-state index contributed by atoms with van der Waals surface area (Å²) in [5, 5.41) is 20.1. The maximum Gasteiger partial charge on any atom is 0.350 e. The predicted octanol–water partition coefficient (Wildman–Crippen LogP) is 1.60. The fourth-order valence-electron chi connectivity index (χ4n) is 2.82. The molecule has 12 nitrogen and oxygen atoms in total. The van der Waals surface area contributed by atoms with Crippen LogP contribution < -0.4 is 4.74 Å². The fourth-order valence-corrected chi connectivity index (χ4v) is 3.88. The lowest BCUT2D eigenvalue weighted by Gasteiger charge is -1.96. The van der Waals surface area contributed by atoms with Crippen LogP contribution in [0.5, 0.6) is 5.88 Å². The molecule has 0 saturated carbocycles. The van der Waals surface area contributed by atoms with Crippen LogP contribution in [0.15, 0.2) is 12.5 Å². The van der Waals surface area contributed by atoms with E-state index in [2.05, 4.69) is 20.2 Å². The van der Waals surface area contributed by atoms with Crippen LogP contribution in [0.1, 0.15) is 21.1 Å². The molecule has 0 aliphatic rings. The third-order valence-corrected chi connectivity index (χ3v) is 5.27. The molecule has 0 N–H and O–H groups in total. The molecule has 0 amide bonds. The SMILES string of the molecule is COC(=O)c1sc2ncn3nc(Cn4cc([N+](=O)[O-])c(OC)n4)nc3c2c1C. The minimum Gasteiger partial charge on any atom is -0.475 e. The first-order valence-corrected chi connectivity index (χ1v) is 8.72. The van der Waals surface area contributed by atoms with Gasteiger partial charge in [0.25, 0.3) is 0 Å². The third kappa shape index (κ3) is 2.72. The van der Waals surface area contributed by atoms with Crippen LogP contribution in [0, 0.1) is 17.0 Å². The van der Waals surface area contributed by atoms with E-state index < -0.39 is 10.9 Å². The molecular weight excluding hydrogens is 390 g/mol. The zero-order valence-electron chi connectivity index (χ0n) is 14.9. The molecule has 0 bridgehead atoms. The van der Waals surface area contributed by atoms with Gasteiger partial charge in [-0.2, -0.15) is 0 Å². The van der Waals surface area contributed by atoms with E-state index in [-0.39, 0.29) is 18.1 Å². The molecular formula is C15H13N7O5S. The number of aromatic nitrogens is 6. The molecule has 0 saturated heterocycles. The highest BCUT2D eigenvalue weighted by Crippen LogP contribution is 2.32. The summed E-state index contributed by atoms with van der Waals surface area (Å²) in [7, 11) is 2.63. The maximum atomic E-state index is 11.9. The summed E-state index contributed by atoms with van der Waals surface area (Å²) in [6.45, 7) is 1.89. The van der Waals surface area contributed by atoms with Gasteiger partial charge >= 0.3 is 17.5 Å². The summed E-state index contributed by atoms with van der Waals surface area (Å²) >= 11 is 1.22. The summed E-state index contributed by atoms with van der Waals surface area (Å²) in [6.07, 6.45) is 2.75. The van der Waals surface area contributed by atoms with E-state index in [0.29, 0.717) is 32.1 Å². The summed E-state index contributed by atoms with van der Waals surface area (Å²) in [4.78, 5) is 32.3. The predicted molar refractivity (Wildman–Crippen MR) is 96.8 cm³/mol. The number of nitro groups is 1. The molecule has 4 aromatic heterocycles. The number of rotatable bonds is 5. The number of fused-ring (bicyclic) bond motifs is 3. The average molecular weight is 403 g/mol. The molecule has 0 aliphatic carbocycles. The Bertz CT molecular complexity index is 1240. The summed E-state index contributed by atoms with van der Waals surface area (Å²) < 4.78 is 12.6. The molecule has 0 spiro atoms. The van der Waals surface area contributed by atoms with Crippen molar-refractivity contribution in [3.63, 3.8) is 0 Å². The first-order valence-electron chi connectivity index (χ1n) is 7.90. The Hall–Kier alpha value is -3.61. The fraction of sp³-hybridized carbons (Fsp3) is 0.267. The average Bonchev–Trinajstić information content (AvgIpc) is 3.35. The summed E-state index contributed by atoms with van der Waals surface area (Å²) in [5.41, 5.74) is 0.990. The number of esters is 1. The number of aryl methyl sites for hydroxylation is 1. The highest BCUT2D eigenvalue weighted by Gasteiger charge is 2.23. The monoisotopic (exact) mass is 403 g/mol. The number of carbonyl (C=O) groups excluding carboxylic acids is 1. The molecule has 4 heterocycles. The summed E-state index contributed by atoms with van der Waals surface area (Å²) in [5.74, 6) is -0.150. The molecule has 144 valence electrons. The van der Waals surface area contributed by atoms with Crippen molar-refractivity contribution >= 4 is 38.9 Å². The van der Waals surface area contributed by atoms with Crippen LogP contribution in [-0.2, 0) is 11.3 Å². The minimum absolute atomic E-state index is 0.0887. The van der Waals surface area contributed by atoms with Crippen molar-refractivity contribution in [1.82, 2.24) is 29.4 Å².